The zero-order valence-corrected chi connectivity index (χ0v) is 12.5. The molecule has 0 bridgehead atoms. The summed E-state index contributed by atoms with van der Waals surface area (Å²) in [6, 6.07) is 12.0. The van der Waals surface area contributed by atoms with Gasteiger partial charge in [0.05, 0.1) is 11.9 Å². The lowest BCUT2D eigenvalue weighted by Crippen LogP contribution is -2.19. The van der Waals surface area contributed by atoms with Crippen molar-refractivity contribution in [2.75, 3.05) is 21.6 Å². The van der Waals surface area contributed by atoms with E-state index in [4.69, 9.17) is 0 Å². The predicted octanol–water partition coefficient (Wildman–Crippen LogP) is 2.41. The summed E-state index contributed by atoms with van der Waals surface area (Å²) < 4.78 is 24.5. The zero-order chi connectivity index (χ0) is 16.2. The maximum Gasteiger partial charge on any atom is 0.323 e. The molecule has 0 saturated heterocycles. The first-order valence-electron chi connectivity index (χ1n) is 6.27. The zero-order valence-electron chi connectivity index (χ0n) is 11.7. The van der Waals surface area contributed by atoms with Crippen LogP contribution in [0, 0.1) is 0 Å². The van der Waals surface area contributed by atoms with E-state index in [9.17, 15) is 18.3 Å². The number of hydrogen-bond acceptors (Lipinski definition) is 4. The number of phenolic OH excluding ortho intramolecular Hbond substituents is 1. The minimum absolute atomic E-state index is 0.0367. The molecule has 0 radical (unpaired) electrons. The predicted molar refractivity (Wildman–Crippen MR) is 85.7 cm³/mol. The molecule has 0 aromatic heterocycles. The summed E-state index contributed by atoms with van der Waals surface area (Å²) in [5.74, 6) is -0.0367. The first-order chi connectivity index (χ1) is 10.3. The maximum atomic E-state index is 11.8. The van der Waals surface area contributed by atoms with Crippen LogP contribution in [-0.4, -0.2) is 25.8 Å². The van der Waals surface area contributed by atoms with Gasteiger partial charge in [-0.3, -0.25) is 4.72 Å². The molecule has 0 aliphatic carbocycles. The van der Waals surface area contributed by atoms with Gasteiger partial charge in [-0.2, -0.15) is 0 Å². The number of urea groups is 1. The van der Waals surface area contributed by atoms with E-state index < -0.39 is 16.1 Å². The van der Waals surface area contributed by atoms with E-state index in [1.165, 1.54) is 18.2 Å². The summed E-state index contributed by atoms with van der Waals surface area (Å²) in [6.45, 7) is 0. The van der Waals surface area contributed by atoms with Crippen molar-refractivity contribution >= 4 is 33.1 Å². The molecule has 2 aromatic carbocycles. The Hall–Kier alpha value is -2.74. The lowest BCUT2D eigenvalue weighted by molar-refractivity contribution is 0.262. The van der Waals surface area contributed by atoms with E-state index in [1.54, 1.807) is 30.3 Å². The molecule has 0 unspecified atom stereocenters. The van der Waals surface area contributed by atoms with Crippen molar-refractivity contribution in [1.82, 2.24) is 0 Å². The molecule has 0 atom stereocenters. The van der Waals surface area contributed by atoms with Crippen molar-refractivity contribution in [3.05, 3.63) is 48.5 Å². The highest BCUT2D eigenvalue weighted by molar-refractivity contribution is 7.92. The van der Waals surface area contributed by atoms with Gasteiger partial charge in [0.25, 0.3) is 0 Å². The van der Waals surface area contributed by atoms with Crippen LogP contribution in [0.4, 0.5) is 21.9 Å². The van der Waals surface area contributed by atoms with Crippen LogP contribution in [0.5, 0.6) is 5.75 Å². The van der Waals surface area contributed by atoms with Gasteiger partial charge >= 0.3 is 6.03 Å². The Balaban J connectivity index is 1.99. The Kier molecular flexibility index (Phi) is 4.52. The molecule has 2 rings (SSSR count). The van der Waals surface area contributed by atoms with Crippen molar-refractivity contribution in [1.29, 1.82) is 0 Å². The van der Waals surface area contributed by atoms with Gasteiger partial charge in [0.2, 0.25) is 10.0 Å². The lowest BCUT2D eigenvalue weighted by Gasteiger charge is -2.09. The van der Waals surface area contributed by atoms with Crippen molar-refractivity contribution in [2.45, 2.75) is 0 Å². The van der Waals surface area contributed by atoms with Crippen molar-refractivity contribution < 1.29 is 18.3 Å². The second-order valence-corrected chi connectivity index (χ2v) is 6.30. The lowest BCUT2D eigenvalue weighted by atomic mass is 10.3. The van der Waals surface area contributed by atoms with E-state index in [-0.39, 0.29) is 11.4 Å². The van der Waals surface area contributed by atoms with Gasteiger partial charge in [-0.1, -0.05) is 12.1 Å². The molecule has 0 aliphatic rings. The summed E-state index contributed by atoms with van der Waals surface area (Å²) >= 11 is 0. The average molecular weight is 321 g/mol. The van der Waals surface area contributed by atoms with Crippen LogP contribution in [0.2, 0.25) is 0 Å². The number of amides is 2. The Labute approximate surface area is 128 Å². The normalized spacial score (nSPS) is 10.8. The number of carbonyl (C=O) groups is 1. The average Bonchev–Trinajstić information content (AvgIpc) is 2.42. The van der Waals surface area contributed by atoms with Crippen LogP contribution in [0.1, 0.15) is 0 Å². The summed E-state index contributed by atoms with van der Waals surface area (Å²) in [7, 11) is -3.34. The molecule has 2 aromatic rings. The van der Waals surface area contributed by atoms with Gasteiger partial charge in [-0.15, -0.1) is 0 Å². The molecular formula is C14H15N3O4S. The van der Waals surface area contributed by atoms with Crippen LogP contribution in [-0.2, 0) is 10.0 Å². The molecule has 4 N–H and O–H groups in total. The molecule has 8 heteroatoms. The summed E-state index contributed by atoms with van der Waals surface area (Å²) in [5, 5.41) is 14.6. The van der Waals surface area contributed by atoms with Gasteiger partial charge in [-0.25, -0.2) is 13.2 Å². The molecule has 0 heterocycles. The Bertz CT molecular complexity index is 773. The third kappa shape index (κ3) is 4.67. The molecule has 0 fully saturated rings. The maximum absolute atomic E-state index is 11.8. The summed E-state index contributed by atoms with van der Waals surface area (Å²) in [6.07, 6.45) is 1.05. The fraction of sp³-hybridized carbons (Fsp3) is 0.0714. The number of hydrogen-bond donors (Lipinski definition) is 4. The van der Waals surface area contributed by atoms with Crippen molar-refractivity contribution in [3.63, 3.8) is 0 Å². The summed E-state index contributed by atoms with van der Waals surface area (Å²) in [5.41, 5.74) is 1.16. The fourth-order valence-electron chi connectivity index (χ4n) is 1.70. The first-order valence-corrected chi connectivity index (χ1v) is 8.16. The Morgan fingerprint density at radius 2 is 1.55 bits per heavy atom. The molecule has 116 valence electrons. The fourth-order valence-corrected chi connectivity index (χ4v) is 2.26. The van der Waals surface area contributed by atoms with Gasteiger partial charge in [0, 0.05) is 11.4 Å². The third-order valence-corrected chi connectivity index (χ3v) is 3.20. The number of phenols is 1. The number of nitrogens with one attached hydrogen (secondary N) is 3. The van der Waals surface area contributed by atoms with Gasteiger partial charge < -0.3 is 15.7 Å². The van der Waals surface area contributed by atoms with Crippen LogP contribution < -0.4 is 15.4 Å². The first kappa shape index (κ1) is 15.6. The van der Waals surface area contributed by atoms with E-state index in [0.29, 0.717) is 11.4 Å². The van der Waals surface area contributed by atoms with E-state index in [0.717, 1.165) is 6.26 Å². The minimum Gasteiger partial charge on any atom is -0.506 e. The quantitative estimate of drug-likeness (QED) is 0.649. The number of para-hydroxylation sites is 2. The van der Waals surface area contributed by atoms with Crippen LogP contribution in [0.25, 0.3) is 0 Å². The highest BCUT2D eigenvalue weighted by Crippen LogP contribution is 2.22. The van der Waals surface area contributed by atoms with Crippen molar-refractivity contribution in [3.8, 4) is 5.75 Å². The largest absolute Gasteiger partial charge is 0.506 e. The third-order valence-electron chi connectivity index (χ3n) is 2.60. The number of rotatable bonds is 4. The molecule has 0 saturated carbocycles. The Morgan fingerprint density at radius 1 is 0.955 bits per heavy atom. The number of anilines is 3. The van der Waals surface area contributed by atoms with Gasteiger partial charge in [0.15, 0.2) is 0 Å². The Morgan fingerprint density at radius 3 is 2.14 bits per heavy atom. The monoisotopic (exact) mass is 321 g/mol. The number of aromatic hydroxyl groups is 1. The van der Waals surface area contributed by atoms with Gasteiger partial charge in [0.1, 0.15) is 5.75 Å². The van der Waals surface area contributed by atoms with Crippen molar-refractivity contribution in [2.24, 2.45) is 0 Å². The van der Waals surface area contributed by atoms with Crippen LogP contribution >= 0.6 is 0 Å². The van der Waals surface area contributed by atoms with E-state index in [2.05, 4.69) is 15.4 Å². The minimum atomic E-state index is -3.34. The molecule has 2 amide bonds. The highest BCUT2D eigenvalue weighted by atomic mass is 32.2. The van der Waals surface area contributed by atoms with Gasteiger partial charge in [-0.05, 0) is 36.4 Å². The molecule has 0 aliphatic heterocycles. The molecule has 22 heavy (non-hydrogen) atoms. The smallest absolute Gasteiger partial charge is 0.323 e. The van der Waals surface area contributed by atoms with E-state index >= 15 is 0 Å². The van der Waals surface area contributed by atoms with Crippen LogP contribution in [0.3, 0.4) is 0 Å². The number of benzene rings is 2. The standard InChI is InChI=1S/C14H15N3O4S/c1-22(20,21)17-11-8-6-10(7-9-11)15-14(19)16-12-4-2-3-5-13(12)18/h2-9,17-18H,1H3,(H2,15,16,19). The topological polar surface area (TPSA) is 108 Å². The van der Waals surface area contributed by atoms with E-state index in [1.807, 2.05) is 0 Å². The second kappa shape index (κ2) is 6.35. The number of carbonyl (C=O) groups excluding carboxylic acids is 1. The van der Waals surface area contributed by atoms with Crippen LogP contribution in [0.15, 0.2) is 48.5 Å². The molecule has 0 spiro atoms. The summed E-state index contributed by atoms with van der Waals surface area (Å²) in [4.78, 5) is 11.8. The molecule has 7 nitrogen and oxygen atoms in total. The number of sulfonamides is 1. The molecular weight excluding hydrogens is 306 g/mol. The second-order valence-electron chi connectivity index (χ2n) is 4.55. The SMILES string of the molecule is CS(=O)(=O)Nc1ccc(NC(=O)Nc2ccccc2O)cc1. The highest BCUT2D eigenvalue weighted by Gasteiger charge is 2.06.